The Bertz CT molecular complexity index is 642. The molecule has 0 aromatic heterocycles. The van der Waals surface area contributed by atoms with Crippen LogP contribution in [0.3, 0.4) is 0 Å². The number of rotatable bonds is 9. The molecule has 1 aliphatic carbocycles. The third-order valence-corrected chi connectivity index (χ3v) is 4.36. The Balaban J connectivity index is 1.82. The molecule has 1 aliphatic rings. The number of carbonyl (C=O) groups excluding carboxylic acids is 2. The van der Waals surface area contributed by atoms with Crippen LogP contribution >= 0.6 is 0 Å². The predicted octanol–water partition coefficient (Wildman–Crippen LogP) is 2.64. The topological polar surface area (TPSA) is 87.7 Å². The van der Waals surface area contributed by atoms with Crippen LogP contribution in [-0.4, -0.2) is 42.8 Å². The Morgan fingerprint density at radius 3 is 2.77 bits per heavy atom. The van der Waals surface area contributed by atoms with Gasteiger partial charge >= 0.3 is 5.97 Å². The van der Waals surface area contributed by atoms with E-state index >= 15 is 0 Å². The summed E-state index contributed by atoms with van der Waals surface area (Å²) in [5.74, 6) is -0.862. The lowest BCUT2D eigenvalue weighted by Gasteiger charge is -2.16. The quantitative estimate of drug-likeness (QED) is 0.465. The smallest absolute Gasteiger partial charge is 0.341 e. The van der Waals surface area contributed by atoms with Crippen LogP contribution in [0.2, 0.25) is 0 Å². The Hall–Kier alpha value is -2.34. The summed E-state index contributed by atoms with van der Waals surface area (Å²) in [5.41, 5.74) is 2.31. The van der Waals surface area contributed by atoms with Crippen molar-refractivity contribution in [3.05, 3.63) is 41.5 Å². The average molecular weight is 360 g/mol. The van der Waals surface area contributed by atoms with Crippen LogP contribution < -0.4 is 10.6 Å². The Morgan fingerprint density at radius 2 is 2.04 bits per heavy atom. The molecule has 6 heteroatoms. The van der Waals surface area contributed by atoms with Crippen molar-refractivity contribution in [3.63, 3.8) is 0 Å². The molecule has 142 valence electrons. The summed E-state index contributed by atoms with van der Waals surface area (Å²) in [7, 11) is 0. The van der Waals surface area contributed by atoms with Gasteiger partial charge in [0, 0.05) is 18.8 Å². The van der Waals surface area contributed by atoms with Gasteiger partial charge in [-0.1, -0.05) is 23.8 Å². The maximum Gasteiger partial charge on any atom is 0.341 e. The molecule has 0 unspecified atom stereocenters. The summed E-state index contributed by atoms with van der Waals surface area (Å²) >= 11 is 0. The van der Waals surface area contributed by atoms with E-state index in [4.69, 9.17) is 9.84 Å². The molecule has 1 atom stereocenters. The van der Waals surface area contributed by atoms with Gasteiger partial charge in [0.05, 0.1) is 12.2 Å². The van der Waals surface area contributed by atoms with Crippen LogP contribution in [0.4, 0.5) is 5.69 Å². The monoisotopic (exact) mass is 360 g/mol. The number of benzene rings is 1. The van der Waals surface area contributed by atoms with Gasteiger partial charge in [0.1, 0.15) is 0 Å². The number of aliphatic hydroxyl groups excluding tert-OH is 1. The first-order valence-electron chi connectivity index (χ1n) is 9.22. The van der Waals surface area contributed by atoms with E-state index in [1.165, 1.54) is 18.4 Å². The second-order valence-corrected chi connectivity index (χ2v) is 6.39. The molecule has 0 fully saturated rings. The summed E-state index contributed by atoms with van der Waals surface area (Å²) < 4.78 is 5.29. The van der Waals surface area contributed by atoms with Crippen molar-refractivity contribution in [2.45, 2.75) is 45.1 Å². The fourth-order valence-electron chi connectivity index (χ4n) is 2.91. The largest absolute Gasteiger partial charge is 0.449 e. The third-order valence-electron chi connectivity index (χ3n) is 4.36. The molecule has 2 rings (SSSR count). The highest BCUT2D eigenvalue weighted by atomic mass is 16.5. The maximum atomic E-state index is 12.4. The third kappa shape index (κ3) is 6.19. The number of anilines is 1. The van der Waals surface area contributed by atoms with E-state index in [0.29, 0.717) is 24.3 Å². The first kappa shape index (κ1) is 20.0. The van der Waals surface area contributed by atoms with E-state index in [1.54, 1.807) is 31.2 Å². The number of hydrogen-bond donors (Lipinski definition) is 3. The fourth-order valence-corrected chi connectivity index (χ4v) is 2.91. The fraction of sp³-hybridized carbons (Fsp3) is 0.500. The normalized spacial score (nSPS) is 14.9. The van der Waals surface area contributed by atoms with Gasteiger partial charge in [0.15, 0.2) is 6.10 Å². The van der Waals surface area contributed by atoms with Gasteiger partial charge < -0.3 is 20.5 Å². The summed E-state index contributed by atoms with van der Waals surface area (Å²) in [5, 5.41) is 14.7. The van der Waals surface area contributed by atoms with Gasteiger partial charge in [0.2, 0.25) is 0 Å². The van der Waals surface area contributed by atoms with E-state index in [1.807, 2.05) is 0 Å². The molecular weight excluding hydrogens is 332 g/mol. The highest BCUT2D eigenvalue weighted by Gasteiger charge is 2.20. The second kappa shape index (κ2) is 10.6. The van der Waals surface area contributed by atoms with Crippen molar-refractivity contribution >= 4 is 17.6 Å². The Morgan fingerprint density at radius 1 is 1.23 bits per heavy atom. The minimum absolute atomic E-state index is 0.0430. The summed E-state index contributed by atoms with van der Waals surface area (Å²) in [6, 6.07) is 6.87. The molecule has 0 radical (unpaired) electrons. The van der Waals surface area contributed by atoms with Crippen LogP contribution in [0.25, 0.3) is 0 Å². The predicted molar refractivity (Wildman–Crippen MR) is 101 cm³/mol. The van der Waals surface area contributed by atoms with Crippen LogP contribution in [0, 0.1) is 0 Å². The summed E-state index contributed by atoms with van der Waals surface area (Å²) in [4.78, 5) is 24.5. The number of amides is 1. The van der Waals surface area contributed by atoms with Crippen molar-refractivity contribution in [3.8, 4) is 0 Å². The van der Waals surface area contributed by atoms with E-state index < -0.39 is 12.1 Å². The van der Waals surface area contributed by atoms with Crippen molar-refractivity contribution in [1.29, 1.82) is 0 Å². The minimum atomic E-state index is -0.867. The number of para-hydroxylation sites is 1. The number of allylic oxidation sites excluding steroid dienone is 1. The number of nitrogens with one attached hydrogen (secondary N) is 2. The SMILES string of the molecule is C[C@@H](OC(=O)c1ccccc1NCCO)C(=O)NCCC1=CCCCC1. The number of carbonyl (C=O) groups is 2. The zero-order valence-corrected chi connectivity index (χ0v) is 15.3. The highest BCUT2D eigenvalue weighted by molar-refractivity contribution is 5.97. The molecule has 0 bridgehead atoms. The first-order valence-corrected chi connectivity index (χ1v) is 9.22. The lowest BCUT2D eigenvalue weighted by Crippen LogP contribution is -2.36. The van der Waals surface area contributed by atoms with Gasteiger partial charge in [-0.25, -0.2) is 4.79 Å². The molecule has 1 amide bonds. The van der Waals surface area contributed by atoms with Crippen LogP contribution in [0.15, 0.2) is 35.9 Å². The minimum Gasteiger partial charge on any atom is -0.449 e. The molecular formula is C20H28N2O4. The number of hydrogen-bond acceptors (Lipinski definition) is 5. The molecule has 0 aliphatic heterocycles. The Labute approximate surface area is 154 Å². The van der Waals surface area contributed by atoms with Gasteiger partial charge in [-0.15, -0.1) is 0 Å². The van der Waals surface area contributed by atoms with Gasteiger partial charge in [-0.05, 0) is 51.2 Å². The molecule has 0 saturated carbocycles. The lowest BCUT2D eigenvalue weighted by atomic mass is 9.97. The molecule has 1 aromatic carbocycles. The van der Waals surface area contributed by atoms with E-state index in [0.717, 1.165) is 19.3 Å². The molecule has 6 nitrogen and oxygen atoms in total. The highest BCUT2D eigenvalue weighted by Crippen LogP contribution is 2.19. The summed E-state index contributed by atoms with van der Waals surface area (Å²) in [6.07, 6.45) is 6.94. The van der Waals surface area contributed by atoms with Crippen molar-refractivity contribution in [1.82, 2.24) is 5.32 Å². The standard InChI is InChI=1S/C20H28N2O4/c1-15(19(24)22-12-11-16-7-3-2-4-8-16)26-20(25)17-9-5-6-10-18(17)21-13-14-23/h5-7,9-10,15,21,23H,2-4,8,11-14H2,1H3,(H,22,24)/t15-/m1/s1. The molecule has 0 saturated heterocycles. The molecule has 26 heavy (non-hydrogen) atoms. The van der Waals surface area contributed by atoms with Crippen molar-refractivity contribution in [2.24, 2.45) is 0 Å². The van der Waals surface area contributed by atoms with Crippen LogP contribution in [0.1, 0.15) is 49.4 Å². The second-order valence-electron chi connectivity index (χ2n) is 6.39. The van der Waals surface area contributed by atoms with E-state index in [2.05, 4.69) is 16.7 Å². The van der Waals surface area contributed by atoms with Crippen molar-refractivity contribution in [2.75, 3.05) is 25.0 Å². The van der Waals surface area contributed by atoms with E-state index in [9.17, 15) is 9.59 Å². The molecule has 3 N–H and O–H groups in total. The van der Waals surface area contributed by atoms with Crippen LogP contribution in [0.5, 0.6) is 0 Å². The number of ether oxygens (including phenoxy) is 1. The molecule has 0 spiro atoms. The first-order chi connectivity index (χ1) is 12.6. The zero-order chi connectivity index (χ0) is 18.8. The van der Waals surface area contributed by atoms with E-state index in [-0.39, 0.29) is 12.5 Å². The number of esters is 1. The molecule has 0 heterocycles. The summed E-state index contributed by atoms with van der Waals surface area (Å²) in [6.45, 7) is 2.41. The maximum absolute atomic E-state index is 12.4. The Kier molecular flexibility index (Phi) is 8.15. The van der Waals surface area contributed by atoms with Gasteiger partial charge in [-0.3, -0.25) is 4.79 Å². The lowest BCUT2D eigenvalue weighted by molar-refractivity contribution is -0.129. The number of aliphatic hydroxyl groups is 1. The average Bonchev–Trinajstić information content (AvgIpc) is 2.67. The van der Waals surface area contributed by atoms with Crippen molar-refractivity contribution < 1.29 is 19.4 Å². The van der Waals surface area contributed by atoms with Crippen LogP contribution in [-0.2, 0) is 9.53 Å². The van der Waals surface area contributed by atoms with Gasteiger partial charge in [0.25, 0.3) is 5.91 Å². The van der Waals surface area contributed by atoms with Gasteiger partial charge in [-0.2, -0.15) is 0 Å². The zero-order valence-electron chi connectivity index (χ0n) is 15.3. The molecule has 1 aromatic rings.